The zero-order valence-electron chi connectivity index (χ0n) is 10.5. The maximum absolute atomic E-state index is 5.67. The molecule has 1 rings (SSSR count). The van der Waals surface area contributed by atoms with E-state index in [1.165, 1.54) is 0 Å². The predicted octanol–water partition coefficient (Wildman–Crippen LogP) is 2.93. The molecular weight excluding hydrogens is 174 g/mol. The summed E-state index contributed by atoms with van der Waals surface area (Å²) in [7, 11) is 0. The number of ether oxygens (including phenoxy) is 1. The molecule has 0 bridgehead atoms. The summed E-state index contributed by atoms with van der Waals surface area (Å²) in [4.78, 5) is 0. The van der Waals surface area contributed by atoms with Gasteiger partial charge in [0, 0.05) is 5.54 Å². The molecular formula is C12H25NO. The summed E-state index contributed by atoms with van der Waals surface area (Å²) in [6, 6.07) is 0. The number of rotatable bonds is 4. The van der Waals surface area contributed by atoms with E-state index in [0.29, 0.717) is 6.10 Å². The second-order valence-corrected chi connectivity index (χ2v) is 5.76. The van der Waals surface area contributed by atoms with E-state index >= 15 is 0 Å². The van der Waals surface area contributed by atoms with Gasteiger partial charge in [-0.25, -0.2) is 0 Å². The van der Waals surface area contributed by atoms with E-state index in [0.717, 1.165) is 12.8 Å². The van der Waals surface area contributed by atoms with Crippen molar-refractivity contribution in [1.29, 1.82) is 0 Å². The summed E-state index contributed by atoms with van der Waals surface area (Å²) in [6.45, 7) is 13.4. The van der Waals surface area contributed by atoms with Crippen LogP contribution in [0.5, 0.6) is 0 Å². The van der Waals surface area contributed by atoms with E-state index in [1.54, 1.807) is 0 Å². The van der Waals surface area contributed by atoms with Crippen molar-refractivity contribution in [1.82, 2.24) is 5.32 Å². The molecule has 0 amide bonds. The lowest BCUT2D eigenvalue weighted by Crippen LogP contribution is -2.44. The van der Waals surface area contributed by atoms with Crippen molar-refractivity contribution in [2.24, 2.45) is 5.41 Å². The van der Waals surface area contributed by atoms with Crippen LogP contribution >= 0.6 is 0 Å². The fourth-order valence-corrected chi connectivity index (χ4v) is 1.68. The molecule has 2 unspecified atom stereocenters. The molecule has 0 aromatic carbocycles. The third-order valence-electron chi connectivity index (χ3n) is 3.40. The van der Waals surface area contributed by atoms with E-state index in [9.17, 15) is 0 Å². The van der Waals surface area contributed by atoms with Gasteiger partial charge in [-0.3, -0.25) is 5.32 Å². The van der Waals surface area contributed by atoms with Gasteiger partial charge in [-0.15, -0.1) is 0 Å². The number of hydrogen-bond acceptors (Lipinski definition) is 2. The number of nitrogens with one attached hydrogen (secondary N) is 1. The van der Waals surface area contributed by atoms with Crippen molar-refractivity contribution in [3.8, 4) is 0 Å². The van der Waals surface area contributed by atoms with E-state index in [2.05, 4.69) is 46.9 Å². The van der Waals surface area contributed by atoms with E-state index < -0.39 is 0 Å². The molecule has 0 aromatic rings. The van der Waals surface area contributed by atoms with Gasteiger partial charge < -0.3 is 4.74 Å². The Morgan fingerprint density at radius 3 is 1.86 bits per heavy atom. The lowest BCUT2D eigenvalue weighted by Gasteiger charge is -2.28. The second kappa shape index (κ2) is 3.82. The van der Waals surface area contributed by atoms with Crippen LogP contribution in [0.4, 0.5) is 0 Å². The average Bonchev–Trinajstić information content (AvgIpc) is 2.83. The highest BCUT2D eigenvalue weighted by Gasteiger charge is 2.49. The summed E-state index contributed by atoms with van der Waals surface area (Å²) >= 11 is 0. The predicted molar refractivity (Wildman–Crippen MR) is 60.2 cm³/mol. The Morgan fingerprint density at radius 1 is 1.07 bits per heavy atom. The molecule has 1 aliphatic rings. The molecule has 14 heavy (non-hydrogen) atoms. The summed E-state index contributed by atoms with van der Waals surface area (Å²) in [6.07, 6.45) is 2.97. The molecule has 0 aliphatic carbocycles. The Hall–Kier alpha value is -0.0800. The van der Waals surface area contributed by atoms with Gasteiger partial charge in [0.15, 0.2) is 0 Å². The van der Waals surface area contributed by atoms with Gasteiger partial charge in [0.25, 0.3) is 0 Å². The molecule has 2 heteroatoms. The lowest BCUT2D eigenvalue weighted by molar-refractivity contribution is 0.238. The Morgan fingerprint density at radius 2 is 1.57 bits per heavy atom. The van der Waals surface area contributed by atoms with Crippen molar-refractivity contribution in [2.75, 3.05) is 0 Å². The van der Waals surface area contributed by atoms with E-state index in [4.69, 9.17) is 4.74 Å². The second-order valence-electron chi connectivity index (χ2n) is 5.76. The van der Waals surface area contributed by atoms with Crippen molar-refractivity contribution in [2.45, 2.75) is 72.3 Å². The Kier molecular flexibility index (Phi) is 3.27. The standard InChI is InChI=1S/C12H25NO/c1-7-12(6,8-2)13-10-9(14-10)11(3,4)5/h9-10,13H,7-8H2,1-6H3. The van der Waals surface area contributed by atoms with Crippen LogP contribution in [0.3, 0.4) is 0 Å². The molecule has 0 saturated carbocycles. The van der Waals surface area contributed by atoms with Crippen LogP contribution in [0.25, 0.3) is 0 Å². The first-order chi connectivity index (χ1) is 6.32. The zero-order valence-corrected chi connectivity index (χ0v) is 10.5. The Balaban J connectivity index is 2.42. The third-order valence-corrected chi connectivity index (χ3v) is 3.40. The fraction of sp³-hybridized carbons (Fsp3) is 1.00. The van der Waals surface area contributed by atoms with Crippen LogP contribution in [0.1, 0.15) is 54.4 Å². The molecule has 0 spiro atoms. The summed E-state index contributed by atoms with van der Waals surface area (Å²) < 4.78 is 5.67. The van der Waals surface area contributed by atoms with Crippen molar-refractivity contribution in [3.05, 3.63) is 0 Å². The van der Waals surface area contributed by atoms with Gasteiger partial charge in [0.05, 0.1) is 0 Å². The normalized spacial score (nSPS) is 27.9. The average molecular weight is 199 g/mol. The summed E-state index contributed by atoms with van der Waals surface area (Å²) in [5.74, 6) is 0. The highest BCUT2D eigenvalue weighted by Crippen LogP contribution is 2.38. The molecule has 1 saturated heterocycles. The monoisotopic (exact) mass is 199 g/mol. The Bertz CT molecular complexity index is 191. The lowest BCUT2D eigenvalue weighted by atomic mass is 9.90. The molecule has 1 fully saturated rings. The van der Waals surface area contributed by atoms with Crippen LogP contribution in [-0.2, 0) is 4.74 Å². The molecule has 2 atom stereocenters. The van der Waals surface area contributed by atoms with Crippen molar-refractivity contribution in [3.63, 3.8) is 0 Å². The molecule has 2 nitrogen and oxygen atoms in total. The minimum Gasteiger partial charge on any atom is -0.353 e. The van der Waals surface area contributed by atoms with E-state index in [1.807, 2.05) is 0 Å². The molecule has 1 aliphatic heterocycles. The SMILES string of the molecule is CCC(C)(CC)NC1OC1C(C)(C)C. The van der Waals surface area contributed by atoms with Crippen molar-refractivity contribution < 1.29 is 4.74 Å². The van der Waals surface area contributed by atoms with Gasteiger partial charge in [-0.2, -0.15) is 0 Å². The topological polar surface area (TPSA) is 24.6 Å². The fourth-order valence-electron chi connectivity index (χ4n) is 1.68. The van der Waals surface area contributed by atoms with Crippen LogP contribution < -0.4 is 5.32 Å². The van der Waals surface area contributed by atoms with Gasteiger partial charge in [-0.1, -0.05) is 34.6 Å². The van der Waals surface area contributed by atoms with Gasteiger partial charge >= 0.3 is 0 Å². The molecule has 1 N–H and O–H groups in total. The summed E-state index contributed by atoms with van der Waals surface area (Å²) in [5, 5.41) is 3.60. The van der Waals surface area contributed by atoms with Crippen LogP contribution in [0.15, 0.2) is 0 Å². The van der Waals surface area contributed by atoms with Crippen LogP contribution in [0.2, 0.25) is 0 Å². The van der Waals surface area contributed by atoms with Gasteiger partial charge in [-0.05, 0) is 25.2 Å². The highest BCUT2D eigenvalue weighted by atomic mass is 16.6. The van der Waals surface area contributed by atoms with Gasteiger partial charge in [0.1, 0.15) is 12.3 Å². The number of hydrogen-bond donors (Lipinski definition) is 1. The molecule has 0 aromatic heterocycles. The minimum absolute atomic E-state index is 0.241. The maximum Gasteiger partial charge on any atom is 0.136 e. The first kappa shape index (κ1) is 12.0. The maximum atomic E-state index is 5.67. The third kappa shape index (κ3) is 2.71. The zero-order chi connectivity index (χ0) is 11.0. The first-order valence-electron chi connectivity index (χ1n) is 5.75. The number of epoxide rings is 1. The van der Waals surface area contributed by atoms with Crippen molar-refractivity contribution >= 4 is 0 Å². The summed E-state index contributed by atoms with van der Waals surface area (Å²) in [5.41, 5.74) is 0.505. The largest absolute Gasteiger partial charge is 0.353 e. The smallest absolute Gasteiger partial charge is 0.136 e. The highest BCUT2D eigenvalue weighted by molar-refractivity contribution is 4.96. The van der Waals surface area contributed by atoms with E-state index in [-0.39, 0.29) is 17.2 Å². The minimum atomic E-state index is 0.241. The van der Waals surface area contributed by atoms with Crippen LogP contribution in [-0.4, -0.2) is 17.9 Å². The first-order valence-corrected chi connectivity index (χ1v) is 5.75. The molecule has 0 radical (unpaired) electrons. The molecule has 84 valence electrons. The van der Waals surface area contributed by atoms with Gasteiger partial charge in [0.2, 0.25) is 0 Å². The molecule has 1 heterocycles. The Labute approximate surface area is 88.4 Å². The van der Waals surface area contributed by atoms with Crippen LogP contribution in [0, 0.1) is 5.41 Å². The quantitative estimate of drug-likeness (QED) is 0.704.